The molecule has 1 aromatic heterocycles. The van der Waals surface area contributed by atoms with Crippen molar-refractivity contribution in [3.8, 4) is 0 Å². The minimum Gasteiger partial charge on any atom is -0.392 e. The number of hydrogen-bond donors (Lipinski definition) is 3. The summed E-state index contributed by atoms with van der Waals surface area (Å²) in [6, 6.07) is -0.426. The second kappa shape index (κ2) is 6.51. The Labute approximate surface area is 107 Å². The number of nitrogens with one attached hydrogen (secondary N) is 1. The topological polar surface area (TPSA) is 93.2 Å². The van der Waals surface area contributed by atoms with Crippen LogP contribution in [0.4, 0.5) is 5.82 Å². The van der Waals surface area contributed by atoms with E-state index in [1.165, 1.54) is 0 Å². The Balaban J connectivity index is 2.75. The maximum absolute atomic E-state index is 12.0. The third kappa shape index (κ3) is 4.12. The van der Waals surface area contributed by atoms with Crippen LogP contribution in [0.5, 0.6) is 0 Å². The van der Waals surface area contributed by atoms with Crippen molar-refractivity contribution in [1.29, 1.82) is 0 Å². The van der Waals surface area contributed by atoms with E-state index < -0.39 is 12.1 Å². The highest BCUT2D eigenvalue weighted by Crippen LogP contribution is 1.99. The Bertz CT molecular complexity index is 428. The van der Waals surface area contributed by atoms with Crippen LogP contribution >= 0.6 is 0 Å². The Morgan fingerprint density at radius 2 is 2.17 bits per heavy atom. The average Bonchev–Trinajstić information content (AvgIpc) is 2.29. The Kier molecular flexibility index (Phi) is 5.30. The van der Waals surface area contributed by atoms with E-state index in [0.717, 1.165) is 0 Å². The molecule has 2 unspecified atom stereocenters. The van der Waals surface area contributed by atoms with Crippen LogP contribution in [0.25, 0.3) is 0 Å². The van der Waals surface area contributed by atoms with Crippen LogP contribution in [0, 0.1) is 5.92 Å². The first-order chi connectivity index (χ1) is 8.41. The summed E-state index contributed by atoms with van der Waals surface area (Å²) in [5.74, 6) is 0.659. The van der Waals surface area contributed by atoms with Crippen LogP contribution in [0.1, 0.15) is 20.8 Å². The van der Waals surface area contributed by atoms with Gasteiger partial charge >= 0.3 is 0 Å². The molecule has 6 heteroatoms. The number of anilines is 1. The molecule has 102 valence electrons. The standard InChI is InChI=1S/C12H22N4O2/c1-8(2)7-16-5-4-14-11(12(16)18)15-6-10(13)9(3)17/h4-5,8-10,17H,6-7,13H2,1-3H3,(H,14,15). The smallest absolute Gasteiger partial charge is 0.293 e. The highest BCUT2D eigenvalue weighted by atomic mass is 16.3. The van der Waals surface area contributed by atoms with Gasteiger partial charge in [0.2, 0.25) is 0 Å². The fourth-order valence-corrected chi connectivity index (χ4v) is 1.49. The van der Waals surface area contributed by atoms with E-state index in [9.17, 15) is 9.90 Å². The van der Waals surface area contributed by atoms with Gasteiger partial charge < -0.3 is 20.7 Å². The molecule has 4 N–H and O–H groups in total. The van der Waals surface area contributed by atoms with Gasteiger partial charge in [-0.3, -0.25) is 4.79 Å². The SMILES string of the molecule is CC(C)Cn1ccnc(NCC(N)C(C)O)c1=O. The van der Waals surface area contributed by atoms with E-state index in [4.69, 9.17) is 5.73 Å². The first-order valence-corrected chi connectivity index (χ1v) is 6.14. The first kappa shape index (κ1) is 14.7. The number of aliphatic hydroxyl groups is 1. The molecule has 2 atom stereocenters. The molecule has 0 aliphatic rings. The van der Waals surface area contributed by atoms with E-state index >= 15 is 0 Å². The molecule has 0 saturated heterocycles. The second-order valence-corrected chi connectivity index (χ2v) is 4.91. The molecule has 0 spiro atoms. The van der Waals surface area contributed by atoms with Gasteiger partial charge in [-0.25, -0.2) is 4.98 Å². The zero-order valence-corrected chi connectivity index (χ0v) is 11.1. The lowest BCUT2D eigenvalue weighted by molar-refractivity contribution is 0.168. The van der Waals surface area contributed by atoms with Crippen LogP contribution in [0.15, 0.2) is 17.2 Å². The van der Waals surface area contributed by atoms with Gasteiger partial charge in [0, 0.05) is 31.5 Å². The zero-order chi connectivity index (χ0) is 13.7. The summed E-state index contributed by atoms with van der Waals surface area (Å²) in [5.41, 5.74) is 5.52. The van der Waals surface area contributed by atoms with Crippen molar-refractivity contribution in [3.63, 3.8) is 0 Å². The second-order valence-electron chi connectivity index (χ2n) is 4.91. The highest BCUT2D eigenvalue weighted by molar-refractivity contribution is 5.31. The molecule has 1 rings (SSSR count). The van der Waals surface area contributed by atoms with Gasteiger partial charge in [-0.2, -0.15) is 0 Å². The van der Waals surface area contributed by atoms with Crippen LogP contribution in [-0.4, -0.2) is 33.3 Å². The molecule has 0 saturated carbocycles. The van der Waals surface area contributed by atoms with E-state index in [2.05, 4.69) is 10.3 Å². The molecule has 0 aliphatic heterocycles. The average molecular weight is 254 g/mol. The summed E-state index contributed by atoms with van der Waals surface area (Å²) in [7, 11) is 0. The lowest BCUT2D eigenvalue weighted by atomic mass is 10.2. The molecular formula is C12H22N4O2. The molecule has 0 aromatic carbocycles. The maximum atomic E-state index is 12.0. The molecule has 0 aliphatic carbocycles. The fourth-order valence-electron chi connectivity index (χ4n) is 1.49. The summed E-state index contributed by atoms with van der Waals surface area (Å²) >= 11 is 0. The number of nitrogens with two attached hydrogens (primary N) is 1. The Morgan fingerprint density at radius 3 is 2.72 bits per heavy atom. The summed E-state index contributed by atoms with van der Waals surface area (Å²) in [6.45, 7) is 6.67. The predicted molar refractivity (Wildman–Crippen MR) is 71.5 cm³/mol. The number of rotatable bonds is 6. The number of aromatic nitrogens is 2. The normalized spacial score (nSPS) is 14.6. The van der Waals surface area contributed by atoms with Crippen molar-refractivity contribution in [1.82, 2.24) is 9.55 Å². The monoisotopic (exact) mass is 254 g/mol. The van der Waals surface area contributed by atoms with E-state index in [1.54, 1.807) is 23.9 Å². The van der Waals surface area contributed by atoms with Crippen LogP contribution in [-0.2, 0) is 6.54 Å². The molecule has 18 heavy (non-hydrogen) atoms. The summed E-state index contributed by atoms with van der Waals surface area (Å²) in [4.78, 5) is 16.0. The maximum Gasteiger partial charge on any atom is 0.293 e. The van der Waals surface area contributed by atoms with Crippen molar-refractivity contribution >= 4 is 5.82 Å². The quantitative estimate of drug-likeness (QED) is 0.665. The van der Waals surface area contributed by atoms with Crippen LogP contribution in [0.2, 0.25) is 0 Å². The van der Waals surface area contributed by atoms with Gasteiger partial charge in [-0.05, 0) is 12.8 Å². The van der Waals surface area contributed by atoms with Crippen molar-refractivity contribution in [3.05, 3.63) is 22.7 Å². The highest BCUT2D eigenvalue weighted by Gasteiger charge is 2.11. The van der Waals surface area contributed by atoms with E-state index in [0.29, 0.717) is 19.0 Å². The van der Waals surface area contributed by atoms with Gasteiger partial charge in [-0.1, -0.05) is 13.8 Å². The van der Waals surface area contributed by atoms with Crippen molar-refractivity contribution < 1.29 is 5.11 Å². The van der Waals surface area contributed by atoms with E-state index in [1.807, 2.05) is 13.8 Å². The largest absolute Gasteiger partial charge is 0.392 e. The van der Waals surface area contributed by atoms with Gasteiger partial charge in [0.05, 0.1) is 6.10 Å². The Hall–Kier alpha value is -1.40. The zero-order valence-electron chi connectivity index (χ0n) is 11.1. The molecule has 1 aromatic rings. The first-order valence-electron chi connectivity index (χ1n) is 6.14. The van der Waals surface area contributed by atoms with E-state index in [-0.39, 0.29) is 11.4 Å². The minimum atomic E-state index is -0.626. The van der Waals surface area contributed by atoms with Gasteiger partial charge in [-0.15, -0.1) is 0 Å². The minimum absolute atomic E-state index is 0.163. The summed E-state index contributed by atoms with van der Waals surface area (Å²) < 4.78 is 1.62. The lowest BCUT2D eigenvalue weighted by Gasteiger charge is -2.16. The third-order valence-corrected chi connectivity index (χ3v) is 2.60. The molecule has 0 bridgehead atoms. The molecule has 0 radical (unpaired) electrons. The molecule has 0 amide bonds. The van der Waals surface area contributed by atoms with Crippen LogP contribution in [0.3, 0.4) is 0 Å². The summed E-state index contributed by atoms with van der Waals surface area (Å²) in [6.07, 6.45) is 2.63. The molecule has 6 nitrogen and oxygen atoms in total. The van der Waals surface area contributed by atoms with Gasteiger partial charge in [0.1, 0.15) is 0 Å². The fraction of sp³-hybridized carbons (Fsp3) is 0.667. The van der Waals surface area contributed by atoms with Crippen molar-refractivity contribution in [2.75, 3.05) is 11.9 Å². The molecular weight excluding hydrogens is 232 g/mol. The van der Waals surface area contributed by atoms with Crippen molar-refractivity contribution in [2.45, 2.75) is 39.5 Å². The summed E-state index contributed by atoms with van der Waals surface area (Å²) in [5, 5.41) is 12.2. The lowest BCUT2D eigenvalue weighted by Crippen LogP contribution is -2.40. The number of aliphatic hydroxyl groups excluding tert-OH is 1. The van der Waals surface area contributed by atoms with Crippen molar-refractivity contribution in [2.24, 2.45) is 11.7 Å². The predicted octanol–water partition coefficient (Wildman–Crippen LogP) is 0.0193. The van der Waals surface area contributed by atoms with Gasteiger partial charge in [0.25, 0.3) is 5.56 Å². The number of nitrogens with zero attached hydrogens (tertiary/aromatic N) is 2. The van der Waals surface area contributed by atoms with Gasteiger partial charge in [0.15, 0.2) is 5.82 Å². The molecule has 0 fully saturated rings. The van der Waals surface area contributed by atoms with Crippen LogP contribution < -0.4 is 16.6 Å². The third-order valence-electron chi connectivity index (χ3n) is 2.60. The molecule has 1 heterocycles. The Morgan fingerprint density at radius 1 is 1.50 bits per heavy atom. The number of hydrogen-bond acceptors (Lipinski definition) is 5.